The van der Waals surface area contributed by atoms with E-state index in [-0.39, 0.29) is 0 Å². The molecule has 1 saturated heterocycles. The molecule has 1 aromatic rings. The van der Waals surface area contributed by atoms with E-state index in [2.05, 4.69) is 20.8 Å². The number of piperidine rings is 1. The molecule has 0 atom stereocenters. The summed E-state index contributed by atoms with van der Waals surface area (Å²) in [7, 11) is 0. The maximum Gasteiger partial charge on any atom is 0.0795 e. The summed E-state index contributed by atoms with van der Waals surface area (Å²) in [5, 5.41) is 4.40. The number of aromatic nitrogens is 1. The fourth-order valence-corrected chi connectivity index (χ4v) is 2.13. The number of hydrogen-bond acceptors (Lipinski definition) is 4. The Morgan fingerprint density at radius 1 is 1.38 bits per heavy atom. The van der Waals surface area contributed by atoms with Crippen molar-refractivity contribution in [2.24, 2.45) is 0 Å². The molecule has 2 heterocycles. The lowest BCUT2D eigenvalue weighted by Crippen LogP contribution is -2.41. The zero-order chi connectivity index (χ0) is 8.93. The summed E-state index contributed by atoms with van der Waals surface area (Å²) in [6.07, 6.45) is 4.03. The molecule has 1 aromatic heterocycles. The lowest BCUT2D eigenvalue weighted by Gasteiger charge is -2.26. The van der Waals surface area contributed by atoms with Crippen molar-refractivity contribution >= 4 is 11.3 Å². The molecule has 4 heteroatoms. The molecule has 1 aliphatic heterocycles. The molecule has 0 radical (unpaired) electrons. The summed E-state index contributed by atoms with van der Waals surface area (Å²) in [5.41, 5.74) is 6.43. The molecular formula is C9H15N3S. The Morgan fingerprint density at radius 3 is 2.92 bits per heavy atom. The maximum atomic E-state index is 4.23. The number of nitrogens with zero attached hydrogens (tertiary/aromatic N) is 2. The van der Waals surface area contributed by atoms with Crippen LogP contribution >= 0.6 is 11.3 Å². The first-order valence-corrected chi connectivity index (χ1v) is 5.75. The highest BCUT2D eigenvalue weighted by Crippen LogP contribution is 2.07. The van der Waals surface area contributed by atoms with Crippen LogP contribution in [0.1, 0.15) is 25.0 Å². The largest absolute Gasteiger partial charge is 0.249 e. The van der Waals surface area contributed by atoms with E-state index in [4.69, 9.17) is 0 Å². The number of hydrogen-bond donors (Lipinski definition) is 1. The third kappa shape index (κ3) is 2.76. The Bertz CT molecular complexity index is 229. The first kappa shape index (κ1) is 9.12. The van der Waals surface area contributed by atoms with Gasteiger partial charge in [0.2, 0.25) is 0 Å². The number of nitrogens with one attached hydrogen (secondary N) is 1. The molecule has 0 amide bonds. The van der Waals surface area contributed by atoms with Crippen molar-refractivity contribution in [2.45, 2.75) is 25.8 Å². The van der Waals surface area contributed by atoms with Crippen molar-refractivity contribution in [3.63, 3.8) is 0 Å². The van der Waals surface area contributed by atoms with Crippen LogP contribution in [0.3, 0.4) is 0 Å². The number of rotatable bonds is 3. The molecule has 2 rings (SSSR count). The summed E-state index contributed by atoms with van der Waals surface area (Å²) in [6.45, 7) is 3.25. The smallest absolute Gasteiger partial charge is 0.0795 e. The quantitative estimate of drug-likeness (QED) is 0.798. The van der Waals surface area contributed by atoms with E-state index in [1.54, 1.807) is 11.3 Å². The van der Waals surface area contributed by atoms with Crippen LogP contribution in [0.2, 0.25) is 0 Å². The van der Waals surface area contributed by atoms with Crippen molar-refractivity contribution < 1.29 is 0 Å². The van der Waals surface area contributed by atoms with Gasteiger partial charge < -0.3 is 0 Å². The highest BCUT2D eigenvalue weighted by molar-refractivity contribution is 7.07. The maximum absolute atomic E-state index is 4.23. The summed E-state index contributed by atoms with van der Waals surface area (Å²) in [4.78, 5) is 4.23. The normalized spacial score (nSPS) is 19.1. The number of hydrazine groups is 1. The summed E-state index contributed by atoms with van der Waals surface area (Å²) in [5.74, 6) is 0. The highest BCUT2D eigenvalue weighted by atomic mass is 32.1. The van der Waals surface area contributed by atoms with Crippen LogP contribution in [0.25, 0.3) is 0 Å². The molecule has 1 aliphatic rings. The third-order valence-corrected chi connectivity index (χ3v) is 2.96. The molecule has 13 heavy (non-hydrogen) atoms. The molecule has 0 saturated carbocycles. The van der Waals surface area contributed by atoms with Gasteiger partial charge in [-0.1, -0.05) is 6.42 Å². The minimum Gasteiger partial charge on any atom is -0.249 e. The van der Waals surface area contributed by atoms with Gasteiger partial charge in [-0.15, -0.1) is 11.3 Å². The summed E-state index contributed by atoms with van der Waals surface area (Å²) >= 11 is 1.66. The molecule has 3 nitrogen and oxygen atoms in total. The van der Waals surface area contributed by atoms with Gasteiger partial charge in [-0.05, 0) is 12.8 Å². The van der Waals surface area contributed by atoms with Gasteiger partial charge in [0.25, 0.3) is 0 Å². The van der Waals surface area contributed by atoms with Gasteiger partial charge in [0, 0.05) is 18.5 Å². The molecule has 1 fully saturated rings. The Morgan fingerprint density at radius 2 is 2.23 bits per heavy atom. The van der Waals surface area contributed by atoms with Crippen molar-refractivity contribution in [2.75, 3.05) is 13.1 Å². The average molecular weight is 197 g/mol. The van der Waals surface area contributed by atoms with Crippen LogP contribution in [-0.2, 0) is 6.54 Å². The molecule has 1 N–H and O–H groups in total. The van der Waals surface area contributed by atoms with E-state index in [1.165, 1.54) is 32.4 Å². The summed E-state index contributed by atoms with van der Waals surface area (Å²) < 4.78 is 0. The highest BCUT2D eigenvalue weighted by Gasteiger charge is 2.08. The van der Waals surface area contributed by atoms with Gasteiger partial charge in [0.15, 0.2) is 0 Å². The first-order valence-electron chi connectivity index (χ1n) is 4.81. The zero-order valence-corrected chi connectivity index (χ0v) is 8.52. The van der Waals surface area contributed by atoms with Crippen LogP contribution < -0.4 is 5.43 Å². The minimum absolute atomic E-state index is 0.878. The Hall–Kier alpha value is -0.450. The molecule has 72 valence electrons. The van der Waals surface area contributed by atoms with Gasteiger partial charge in [0.1, 0.15) is 0 Å². The zero-order valence-electron chi connectivity index (χ0n) is 7.70. The second-order valence-corrected chi connectivity index (χ2v) is 4.08. The van der Waals surface area contributed by atoms with Crippen molar-refractivity contribution in [3.05, 3.63) is 16.6 Å². The second-order valence-electron chi connectivity index (χ2n) is 3.36. The van der Waals surface area contributed by atoms with Crippen molar-refractivity contribution in [3.8, 4) is 0 Å². The third-order valence-electron chi connectivity index (χ3n) is 2.32. The lowest BCUT2D eigenvalue weighted by molar-refractivity contribution is 0.150. The molecule has 0 unspecified atom stereocenters. The average Bonchev–Trinajstić information content (AvgIpc) is 2.69. The molecule has 0 aromatic carbocycles. The van der Waals surface area contributed by atoms with Crippen LogP contribution in [-0.4, -0.2) is 23.1 Å². The Balaban J connectivity index is 1.72. The van der Waals surface area contributed by atoms with Gasteiger partial charge in [-0.25, -0.2) is 15.4 Å². The SMILES string of the molecule is c1nc(CNN2CCCCC2)cs1. The van der Waals surface area contributed by atoms with E-state index in [0.29, 0.717) is 0 Å². The fraction of sp³-hybridized carbons (Fsp3) is 0.667. The van der Waals surface area contributed by atoms with E-state index < -0.39 is 0 Å². The van der Waals surface area contributed by atoms with E-state index in [0.717, 1.165) is 12.2 Å². The fourth-order valence-electron chi connectivity index (χ4n) is 1.57. The van der Waals surface area contributed by atoms with Gasteiger partial charge in [0.05, 0.1) is 17.7 Å². The monoisotopic (exact) mass is 197 g/mol. The predicted molar refractivity (Wildman–Crippen MR) is 54.4 cm³/mol. The van der Waals surface area contributed by atoms with Crippen LogP contribution in [0.4, 0.5) is 0 Å². The number of thiazole rings is 1. The van der Waals surface area contributed by atoms with Crippen LogP contribution in [0, 0.1) is 0 Å². The van der Waals surface area contributed by atoms with Crippen molar-refractivity contribution in [1.29, 1.82) is 0 Å². The van der Waals surface area contributed by atoms with Crippen LogP contribution in [0.5, 0.6) is 0 Å². The van der Waals surface area contributed by atoms with Gasteiger partial charge in [-0.3, -0.25) is 0 Å². The first-order chi connectivity index (χ1) is 6.45. The molecular weight excluding hydrogens is 182 g/mol. The Kier molecular flexibility index (Phi) is 3.29. The molecule has 0 aliphatic carbocycles. The van der Waals surface area contributed by atoms with Crippen LogP contribution in [0.15, 0.2) is 10.9 Å². The second kappa shape index (κ2) is 4.69. The van der Waals surface area contributed by atoms with E-state index in [1.807, 2.05) is 5.51 Å². The predicted octanol–water partition coefficient (Wildman–Crippen LogP) is 1.63. The van der Waals surface area contributed by atoms with Gasteiger partial charge >= 0.3 is 0 Å². The minimum atomic E-state index is 0.878. The van der Waals surface area contributed by atoms with Gasteiger partial charge in [-0.2, -0.15) is 0 Å². The topological polar surface area (TPSA) is 28.2 Å². The lowest BCUT2D eigenvalue weighted by atomic mass is 10.2. The van der Waals surface area contributed by atoms with Crippen molar-refractivity contribution in [1.82, 2.24) is 15.4 Å². The molecule has 0 bridgehead atoms. The summed E-state index contributed by atoms with van der Waals surface area (Å²) in [6, 6.07) is 0. The van der Waals surface area contributed by atoms with E-state index in [9.17, 15) is 0 Å². The Labute approximate surface area is 82.8 Å². The molecule has 0 spiro atoms. The standard InChI is InChI=1S/C9H15N3S/c1-2-4-12(5-3-1)11-6-9-7-13-8-10-9/h7-8,11H,1-6H2. The van der Waals surface area contributed by atoms with E-state index >= 15 is 0 Å².